The third-order valence-corrected chi connectivity index (χ3v) is 9.45. The molecule has 0 aliphatic carbocycles. The average molecular weight is 742 g/mol. The Morgan fingerprint density at radius 2 is 1.31 bits per heavy atom. The number of benzene rings is 2. The number of aliphatic hydroxyl groups is 1. The molecule has 5 N–H and O–H groups in total. The van der Waals surface area contributed by atoms with Gasteiger partial charge in [0.1, 0.15) is 0 Å². The number of nitrogens with zero attached hydrogens (tertiary/aromatic N) is 5. The molecule has 5 rings (SSSR count). The molecule has 0 spiro atoms. The van der Waals surface area contributed by atoms with Gasteiger partial charge in [-0.15, -0.1) is 5.73 Å². The maximum absolute atomic E-state index is 13.6. The lowest BCUT2D eigenvalue weighted by molar-refractivity contribution is -0.130. The van der Waals surface area contributed by atoms with E-state index in [1.165, 1.54) is 4.90 Å². The van der Waals surface area contributed by atoms with E-state index < -0.39 is 82.6 Å². The molecule has 0 aromatic heterocycles. The first-order valence-electron chi connectivity index (χ1n) is 14.8. The number of carbonyl (C=O) groups excluding carboxylic acids is 2. The van der Waals surface area contributed by atoms with Crippen LogP contribution in [0.15, 0.2) is 109 Å². The van der Waals surface area contributed by atoms with Crippen molar-refractivity contribution in [3.8, 4) is 0 Å². The number of amides is 2. The molecule has 2 aromatic rings. The first kappa shape index (κ1) is 36.5. The molecule has 0 bridgehead atoms. The van der Waals surface area contributed by atoms with Gasteiger partial charge in [0, 0.05) is 18.7 Å². The molecular formula is C31H27N5O13S2. The Labute approximate surface area is 289 Å². The Balaban J connectivity index is 1.55. The highest BCUT2D eigenvalue weighted by atomic mass is 32.2. The van der Waals surface area contributed by atoms with Crippen molar-refractivity contribution in [2.45, 2.75) is 35.3 Å². The molecule has 0 radical (unpaired) electrons. The summed E-state index contributed by atoms with van der Waals surface area (Å²) in [5.41, 5.74) is 0.109. The van der Waals surface area contributed by atoms with E-state index in [1.807, 2.05) is 0 Å². The molecule has 2 amide bonds. The van der Waals surface area contributed by atoms with Crippen molar-refractivity contribution in [3.63, 3.8) is 0 Å². The monoisotopic (exact) mass is 741 g/mol. The fraction of sp³-hybridized carbons (Fsp3) is 0.194. The summed E-state index contributed by atoms with van der Waals surface area (Å²) in [5, 5.41) is 39.9. The van der Waals surface area contributed by atoms with Crippen LogP contribution in [0.5, 0.6) is 0 Å². The van der Waals surface area contributed by atoms with Gasteiger partial charge < -0.3 is 20.2 Å². The number of piperidine rings is 1. The number of aliphatic carboxylic acids is 2. The third kappa shape index (κ3) is 7.86. The second-order valence-electron chi connectivity index (χ2n) is 11.0. The lowest BCUT2D eigenvalue weighted by Gasteiger charge is -2.26. The number of aliphatic hydroxyl groups excluding tert-OH is 1. The average Bonchev–Trinajstić information content (AvgIpc) is 3.60. The first-order chi connectivity index (χ1) is 24.0. The van der Waals surface area contributed by atoms with E-state index in [-0.39, 0.29) is 16.9 Å². The van der Waals surface area contributed by atoms with Gasteiger partial charge in [-0.1, -0.05) is 0 Å². The summed E-state index contributed by atoms with van der Waals surface area (Å²) in [6.45, 7) is 0.728. The predicted molar refractivity (Wildman–Crippen MR) is 177 cm³/mol. The predicted octanol–water partition coefficient (Wildman–Crippen LogP) is 1.19. The Morgan fingerprint density at radius 3 is 1.82 bits per heavy atom. The van der Waals surface area contributed by atoms with Crippen LogP contribution in [-0.4, -0.2) is 101 Å². The molecule has 51 heavy (non-hydrogen) atoms. The van der Waals surface area contributed by atoms with Gasteiger partial charge in [-0.25, -0.2) is 14.6 Å². The molecular weight excluding hydrogens is 714 g/mol. The summed E-state index contributed by atoms with van der Waals surface area (Å²) >= 11 is 0. The molecule has 3 aliphatic rings. The van der Waals surface area contributed by atoms with Gasteiger partial charge in [0.05, 0.1) is 32.3 Å². The standard InChI is InChI=1S/C31H27N5O13S2/c37-27(34-16-2-1-3-17-34)18(4-14-23-25(30(40)41)32-35(28(23)38)19-6-10-21(11-7-19)50(44,45)46)5-15-24-26(31(42)43)33-36(29(24)39)20-8-12-22(13-9-20)51(47,48)49/h4-14,29,39H,1-3,16-17H2,(H,40,41)(H,42,43)(H,44,45,46)(H,47,48,49). The van der Waals surface area contributed by atoms with Gasteiger partial charge in [-0.2, -0.15) is 32.0 Å². The van der Waals surface area contributed by atoms with Gasteiger partial charge in [0.15, 0.2) is 17.7 Å². The van der Waals surface area contributed by atoms with E-state index in [0.717, 1.165) is 78.2 Å². The first-order valence-corrected chi connectivity index (χ1v) is 17.6. The van der Waals surface area contributed by atoms with Crippen LogP contribution in [0, 0.1) is 0 Å². The summed E-state index contributed by atoms with van der Waals surface area (Å²) < 4.78 is 64.1. The number of hydrogen-bond donors (Lipinski definition) is 5. The number of carboxylic acids is 2. The van der Waals surface area contributed by atoms with Crippen molar-refractivity contribution in [2.75, 3.05) is 23.1 Å². The van der Waals surface area contributed by atoms with E-state index in [2.05, 4.69) is 15.9 Å². The van der Waals surface area contributed by atoms with Crippen LogP contribution in [0.4, 0.5) is 11.4 Å². The molecule has 1 saturated heterocycles. The Hall–Kier alpha value is -5.76. The zero-order chi connectivity index (χ0) is 37.2. The largest absolute Gasteiger partial charge is 0.476 e. The van der Waals surface area contributed by atoms with Crippen LogP contribution < -0.4 is 10.0 Å². The topological polar surface area (TPSA) is 272 Å². The number of hydrazone groups is 2. The highest BCUT2D eigenvalue weighted by Gasteiger charge is 2.37. The van der Waals surface area contributed by atoms with Gasteiger partial charge in [-0.3, -0.25) is 18.7 Å². The molecule has 20 heteroatoms. The molecule has 1 atom stereocenters. The van der Waals surface area contributed by atoms with E-state index in [9.17, 15) is 60.4 Å². The molecule has 2 aromatic carbocycles. The number of allylic oxidation sites excluding steroid dienone is 2. The minimum atomic E-state index is -4.56. The minimum absolute atomic E-state index is 0.0350. The van der Waals surface area contributed by atoms with Crippen LogP contribution in [0.3, 0.4) is 0 Å². The van der Waals surface area contributed by atoms with E-state index >= 15 is 0 Å². The van der Waals surface area contributed by atoms with Crippen molar-refractivity contribution in [2.24, 2.45) is 10.2 Å². The zero-order valence-corrected chi connectivity index (χ0v) is 27.7. The number of carbonyl (C=O) groups is 4. The molecule has 1 fully saturated rings. The fourth-order valence-electron chi connectivity index (χ4n) is 5.18. The summed E-state index contributed by atoms with van der Waals surface area (Å²) in [6.07, 6.45) is 3.60. The van der Waals surface area contributed by atoms with Crippen molar-refractivity contribution in [1.29, 1.82) is 0 Å². The minimum Gasteiger partial charge on any atom is -0.476 e. The maximum atomic E-state index is 13.6. The highest BCUT2D eigenvalue weighted by molar-refractivity contribution is 7.86. The summed E-state index contributed by atoms with van der Waals surface area (Å²) in [6, 6.07) is 8.51. The number of carboxylic acid groups (broad SMARTS) is 2. The molecule has 1 unspecified atom stereocenters. The fourth-order valence-corrected chi connectivity index (χ4v) is 6.14. The van der Waals surface area contributed by atoms with E-state index in [1.54, 1.807) is 0 Å². The lowest BCUT2D eigenvalue weighted by Crippen LogP contribution is -2.36. The van der Waals surface area contributed by atoms with Crippen molar-refractivity contribution < 1.29 is 60.4 Å². The Morgan fingerprint density at radius 1 is 0.784 bits per heavy atom. The molecule has 3 heterocycles. The Bertz CT molecular complexity index is 2230. The Kier molecular flexibility index (Phi) is 10.2. The number of hydrogen-bond acceptors (Lipinski definition) is 12. The van der Waals surface area contributed by atoms with Gasteiger partial charge in [0.2, 0.25) is 0 Å². The maximum Gasteiger partial charge on any atom is 0.357 e. The quantitative estimate of drug-likeness (QED) is 0.105. The van der Waals surface area contributed by atoms with Gasteiger partial charge >= 0.3 is 11.9 Å². The van der Waals surface area contributed by atoms with E-state index in [4.69, 9.17) is 0 Å². The second-order valence-corrected chi connectivity index (χ2v) is 13.9. The molecule has 0 saturated carbocycles. The second kappa shape index (κ2) is 14.2. The van der Waals surface area contributed by atoms with Crippen LogP contribution >= 0.6 is 0 Å². The van der Waals surface area contributed by atoms with Gasteiger partial charge in [-0.05, 0) is 86.0 Å². The van der Waals surface area contributed by atoms with Crippen molar-refractivity contribution in [3.05, 3.63) is 89.2 Å². The normalized spacial score (nSPS) is 19.2. The smallest absolute Gasteiger partial charge is 0.357 e. The molecule has 266 valence electrons. The van der Waals surface area contributed by atoms with Crippen LogP contribution in [-0.2, 0) is 39.4 Å². The molecule has 3 aliphatic heterocycles. The molecule has 18 nitrogen and oxygen atoms in total. The van der Waals surface area contributed by atoms with Crippen LogP contribution in [0.1, 0.15) is 19.3 Å². The summed E-state index contributed by atoms with van der Waals surface area (Å²) in [4.78, 5) is 51.7. The van der Waals surface area contributed by atoms with Crippen molar-refractivity contribution >= 4 is 66.8 Å². The van der Waals surface area contributed by atoms with Crippen molar-refractivity contribution in [1.82, 2.24) is 4.90 Å². The van der Waals surface area contributed by atoms with Crippen LogP contribution in [0.25, 0.3) is 0 Å². The van der Waals surface area contributed by atoms with E-state index in [0.29, 0.717) is 30.9 Å². The highest BCUT2D eigenvalue weighted by Crippen LogP contribution is 2.29. The SMILES string of the molecule is O=C(O)C1=NN(c2ccc(S(=O)(=O)O)cc2)C(O)C1=C=CC(=CC=C1C(=O)N(c2ccc(S(=O)(=O)O)cc2)N=C1C(=O)O)C(=O)N1CCCCC1. The third-order valence-electron chi connectivity index (χ3n) is 7.72. The van der Waals surface area contributed by atoms with Gasteiger partial charge in [0.25, 0.3) is 32.1 Å². The lowest BCUT2D eigenvalue weighted by atomic mass is 10.1. The summed E-state index contributed by atoms with van der Waals surface area (Å²) in [5.74, 6) is -4.74. The number of likely N-dealkylation sites (tertiary alicyclic amines) is 1. The number of anilines is 2. The van der Waals surface area contributed by atoms with Crippen LogP contribution in [0.2, 0.25) is 0 Å². The number of rotatable bonds is 9. The summed E-state index contributed by atoms with van der Waals surface area (Å²) in [7, 11) is -9.11. The zero-order valence-electron chi connectivity index (χ0n) is 26.0.